The molecule has 1 aliphatic carbocycles. The van der Waals surface area contributed by atoms with E-state index in [0.717, 1.165) is 13.0 Å². The number of aliphatic hydroxyl groups excluding tert-OH is 1. The van der Waals surface area contributed by atoms with Gasteiger partial charge in [0.25, 0.3) is 0 Å². The van der Waals surface area contributed by atoms with E-state index in [2.05, 4.69) is 31.1 Å². The number of aromatic hydroxyl groups is 1. The first-order chi connectivity index (χ1) is 22.1. The summed E-state index contributed by atoms with van der Waals surface area (Å²) in [6.07, 6.45) is 8.63. The van der Waals surface area contributed by atoms with Gasteiger partial charge in [-0.2, -0.15) is 9.97 Å². The number of pyridine rings is 1. The number of phenols is 1. The number of benzene rings is 2. The lowest BCUT2D eigenvalue weighted by Gasteiger charge is -2.32. The molecule has 2 aromatic heterocycles. The Morgan fingerprint density at radius 3 is 2.57 bits per heavy atom. The van der Waals surface area contributed by atoms with Crippen LogP contribution >= 0.6 is 0 Å². The normalized spacial score (nSPS) is 22.2. The maximum Gasteiger partial charge on any atom is 0.318 e. The topological polar surface area (TPSA) is 113 Å². The molecule has 4 heterocycles. The highest BCUT2D eigenvalue weighted by Crippen LogP contribution is 2.42. The van der Waals surface area contributed by atoms with Crippen molar-refractivity contribution in [1.29, 1.82) is 0 Å². The number of anilines is 1. The molecule has 2 saturated heterocycles. The summed E-state index contributed by atoms with van der Waals surface area (Å²) in [4.78, 5) is 15.4. The molecule has 0 bridgehead atoms. The van der Waals surface area contributed by atoms with Gasteiger partial charge in [0.1, 0.15) is 40.2 Å². The maximum absolute atomic E-state index is 16.3. The summed E-state index contributed by atoms with van der Waals surface area (Å²) < 4.78 is 54.8. The zero-order chi connectivity index (χ0) is 32.7. The predicted molar refractivity (Wildman–Crippen MR) is 169 cm³/mol. The summed E-state index contributed by atoms with van der Waals surface area (Å²) >= 11 is 0. The van der Waals surface area contributed by atoms with Crippen molar-refractivity contribution < 1.29 is 32.9 Å². The van der Waals surface area contributed by atoms with Crippen LogP contribution in [0.15, 0.2) is 24.3 Å². The molecular weight excluding hydrogens is 599 g/mol. The number of aromatic nitrogens is 3. The lowest BCUT2D eigenvalue weighted by molar-refractivity contribution is 0.0835. The van der Waals surface area contributed by atoms with Gasteiger partial charge in [0.05, 0.1) is 24.9 Å². The van der Waals surface area contributed by atoms with Crippen LogP contribution in [0.25, 0.3) is 32.9 Å². The number of terminal acetylenes is 1. The van der Waals surface area contributed by atoms with Gasteiger partial charge in [-0.1, -0.05) is 12.0 Å². The number of ether oxygens (including phenoxy) is 2. The Morgan fingerprint density at radius 1 is 1.11 bits per heavy atom. The molecule has 3 fully saturated rings. The summed E-state index contributed by atoms with van der Waals surface area (Å²) in [6.45, 7) is 5.42. The predicted octanol–water partition coefficient (Wildman–Crippen LogP) is 5.73. The van der Waals surface area contributed by atoms with Gasteiger partial charge < -0.3 is 25.0 Å². The Kier molecular flexibility index (Phi) is 8.81. The number of hydrogen-bond acceptors (Lipinski definition) is 9. The molecule has 0 radical (unpaired) electrons. The molecule has 3 aliphatic rings. The van der Waals surface area contributed by atoms with E-state index in [1.807, 2.05) is 0 Å². The first-order valence-electron chi connectivity index (χ1n) is 15.4. The highest BCUT2D eigenvalue weighted by atomic mass is 19.1. The van der Waals surface area contributed by atoms with Crippen LogP contribution in [0.4, 0.5) is 19.0 Å². The minimum Gasteiger partial charge on any atom is -0.508 e. The van der Waals surface area contributed by atoms with Gasteiger partial charge in [0.15, 0.2) is 5.82 Å². The number of hydrogen-bond donors (Lipinski definition) is 3. The van der Waals surface area contributed by atoms with Gasteiger partial charge in [-0.15, -0.1) is 6.42 Å². The van der Waals surface area contributed by atoms with Gasteiger partial charge in [0, 0.05) is 29.6 Å². The third kappa shape index (κ3) is 6.09. The van der Waals surface area contributed by atoms with Gasteiger partial charge in [-0.25, -0.2) is 18.2 Å². The van der Waals surface area contributed by atoms with Crippen LogP contribution in [-0.4, -0.2) is 80.7 Å². The van der Waals surface area contributed by atoms with Crippen LogP contribution in [0.5, 0.6) is 17.6 Å². The zero-order valence-corrected chi connectivity index (χ0v) is 25.9. The molecule has 1 saturated carbocycles. The van der Waals surface area contributed by atoms with E-state index in [4.69, 9.17) is 15.9 Å². The first-order valence-corrected chi connectivity index (χ1v) is 15.4. The zero-order valence-electron chi connectivity index (χ0n) is 25.9. The molecule has 9 nitrogen and oxygen atoms in total. The van der Waals surface area contributed by atoms with Crippen molar-refractivity contribution in [2.24, 2.45) is 0 Å². The molecule has 2 unspecified atom stereocenters. The molecule has 2 atom stereocenters. The number of nitrogens with one attached hydrogen (secondary N) is 1. The number of methoxy groups -OCH3 is 1. The third-order valence-corrected chi connectivity index (χ3v) is 8.63. The fraction of sp³-hybridized carbons (Fsp3) is 0.441. The van der Waals surface area contributed by atoms with Crippen molar-refractivity contribution >= 4 is 27.5 Å². The second-order valence-electron chi connectivity index (χ2n) is 12.3. The smallest absolute Gasteiger partial charge is 0.318 e. The SMILES string of the molecule is C#Cc1c(F)ccc2cc(O)cc(-c3nc(OC(C)C)c4c(NC5CC(O)C5)nc(OC)nc4c3F)c12.FC1CC2CCCN2C1. The van der Waals surface area contributed by atoms with Crippen LogP contribution in [0.1, 0.15) is 51.5 Å². The van der Waals surface area contributed by atoms with E-state index >= 15 is 4.39 Å². The molecule has 46 heavy (non-hydrogen) atoms. The Morgan fingerprint density at radius 2 is 1.89 bits per heavy atom. The van der Waals surface area contributed by atoms with Gasteiger partial charge in [-0.05, 0) is 76.1 Å². The molecule has 0 spiro atoms. The molecule has 7 rings (SSSR count). The molecule has 242 valence electrons. The average molecular weight is 636 g/mol. The largest absolute Gasteiger partial charge is 0.508 e. The number of phenolic OH excluding ortho intramolecular Hbond substituents is 1. The van der Waals surface area contributed by atoms with E-state index in [-0.39, 0.29) is 68.7 Å². The molecule has 0 amide bonds. The first kappa shape index (κ1) is 31.6. The minimum absolute atomic E-state index is 0.0292. The molecule has 2 aliphatic heterocycles. The highest BCUT2D eigenvalue weighted by Gasteiger charge is 2.35. The van der Waals surface area contributed by atoms with E-state index in [0.29, 0.717) is 30.8 Å². The average Bonchev–Trinajstić information content (AvgIpc) is 3.58. The van der Waals surface area contributed by atoms with Crippen LogP contribution in [0.2, 0.25) is 0 Å². The summed E-state index contributed by atoms with van der Waals surface area (Å²) in [5, 5.41) is 24.1. The summed E-state index contributed by atoms with van der Waals surface area (Å²) in [5.41, 5.74) is -0.405. The Hall–Kier alpha value is -4.34. The number of rotatable bonds is 6. The van der Waals surface area contributed by atoms with Crippen molar-refractivity contribution in [2.75, 3.05) is 25.5 Å². The maximum atomic E-state index is 16.3. The highest BCUT2D eigenvalue weighted by molar-refractivity contribution is 6.04. The molecular formula is C34H36F3N5O4. The fourth-order valence-electron chi connectivity index (χ4n) is 6.48. The number of fused-ring (bicyclic) bond motifs is 3. The lowest BCUT2D eigenvalue weighted by atomic mass is 9.89. The van der Waals surface area contributed by atoms with Crippen LogP contribution < -0.4 is 14.8 Å². The Bertz CT molecular complexity index is 1810. The van der Waals surface area contributed by atoms with Crippen molar-refractivity contribution in [2.45, 2.75) is 76.4 Å². The van der Waals surface area contributed by atoms with Crippen LogP contribution in [0, 0.1) is 24.0 Å². The molecule has 12 heteroatoms. The number of aliphatic hydroxyl groups is 1. The molecule has 2 aromatic carbocycles. The van der Waals surface area contributed by atoms with E-state index < -0.39 is 23.9 Å². The fourth-order valence-corrected chi connectivity index (χ4v) is 6.48. The Labute approximate surface area is 264 Å². The van der Waals surface area contributed by atoms with Gasteiger partial charge >= 0.3 is 6.01 Å². The van der Waals surface area contributed by atoms with E-state index in [1.54, 1.807) is 13.8 Å². The van der Waals surface area contributed by atoms with Crippen molar-refractivity contribution in [1.82, 2.24) is 19.9 Å². The van der Waals surface area contributed by atoms with Crippen molar-refractivity contribution in [3.05, 3.63) is 41.5 Å². The van der Waals surface area contributed by atoms with Crippen molar-refractivity contribution in [3.8, 4) is 41.2 Å². The molecule has 4 aromatic rings. The number of halogens is 3. The van der Waals surface area contributed by atoms with E-state index in [9.17, 15) is 19.0 Å². The molecule has 3 N–H and O–H groups in total. The quantitative estimate of drug-likeness (QED) is 0.229. The standard InChI is InChI=1S/C27H24F2N4O4.C7H12FN/c1-5-17-19(28)7-6-13-8-15(34)11-18(20(13)17)23-22(29)24-21(26(31-23)37-12(2)3)25(33-27(32-24)36-4)30-14-9-16(35)10-14;8-6-4-7-2-1-3-9(7)5-6/h1,6-8,11-12,14,16,34-35H,9-10H2,2-4H3,(H,30,32,33);6-7H,1-5H2. The van der Waals surface area contributed by atoms with Gasteiger partial charge in [-0.3, -0.25) is 4.90 Å². The second kappa shape index (κ2) is 12.8. The van der Waals surface area contributed by atoms with Crippen LogP contribution in [-0.2, 0) is 0 Å². The summed E-state index contributed by atoms with van der Waals surface area (Å²) in [5.74, 6) is 0.881. The number of alkyl halides is 1. The van der Waals surface area contributed by atoms with Crippen molar-refractivity contribution in [3.63, 3.8) is 0 Å². The monoisotopic (exact) mass is 635 g/mol. The third-order valence-electron chi connectivity index (χ3n) is 8.63. The van der Waals surface area contributed by atoms with Gasteiger partial charge in [0.2, 0.25) is 5.88 Å². The summed E-state index contributed by atoms with van der Waals surface area (Å²) in [6, 6.07) is 5.72. The second-order valence-corrected chi connectivity index (χ2v) is 12.3. The van der Waals surface area contributed by atoms with E-state index in [1.165, 1.54) is 44.2 Å². The Balaban J connectivity index is 0.000000352. The summed E-state index contributed by atoms with van der Waals surface area (Å²) in [7, 11) is 1.36. The lowest BCUT2D eigenvalue weighted by Crippen LogP contribution is -2.39. The minimum atomic E-state index is -0.859. The van der Waals surface area contributed by atoms with Crippen LogP contribution in [0.3, 0.4) is 0 Å². The number of nitrogens with zero attached hydrogens (tertiary/aromatic N) is 4.